The van der Waals surface area contributed by atoms with E-state index in [1.54, 1.807) is 18.2 Å². The van der Waals surface area contributed by atoms with Crippen molar-refractivity contribution >= 4 is 11.4 Å². The van der Waals surface area contributed by atoms with Crippen molar-refractivity contribution in [3.8, 4) is 0 Å². The molecule has 18 heavy (non-hydrogen) atoms. The number of nitro benzene ring substituents is 1. The van der Waals surface area contributed by atoms with Crippen LogP contribution in [0.2, 0.25) is 0 Å². The predicted octanol–water partition coefficient (Wildman–Crippen LogP) is 2.49. The van der Waals surface area contributed by atoms with Gasteiger partial charge in [-0.25, -0.2) is 0 Å². The zero-order valence-electron chi connectivity index (χ0n) is 10.8. The Bertz CT molecular complexity index is 436. The molecule has 1 aliphatic rings. The first kappa shape index (κ1) is 12.8. The van der Waals surface area contributed by atoms with Gasteiger partial charge in [-0.2, -0.15) is 0 Å². The normalized spacial score (nSPS) is 24.8. The molecule has 2 atom stereocenters. The van der Waals surface area contributed by atoms with Crippen LogP contribution < -0.4 is 5.32 Å². The van der Waals surface area contributed by atoms with Crippen LogP contribution in [0.1, 0.15) is 19.8 Å². The second-order valence-corrected chi connectivity index (χ2v) is 4.97. The Morgan fingerprint density at radius 2 is 2.17 bits per heavy atom. The molecule has 0 radical (unpaired) electrons. The molecule has 1 aromatic rings. The zero-order valence-corrected chi connectivity index (χ0v) is 10.8. The van der Waals surface area contributed by atoms with Gasteiger partial charge in [0, 0.05) is 24.7 Å². The minimum absolute atomic E-state index is 0.157. The van der Waals surface area contributed by atoms with Crippen LogP contribution in [0.3, 0.4) is 0 Å². The molecule has 0 amide bonds. The first-order valence-electron chi connectivity index (χ1n) is 6.28. The van der Waals surface area contributed by atoms with Gasteiger partial charge in [-0.15, -0.1) is 0 Å². The molecule has 5 heteroatoms. The summed E-state index contributed by atoms with van der Waals surface area (Å²) in [5, 5.41) is 14.3. The Kier molecular flexibility index (Phi) is 3.81. The largest absolute Gasteiger partial charge is 0.377 e. The summed E-state index contributed by atoms with van der Waals surface area (Å²) in [6.07, 6.45) is 2.04. The average Bonchev–Trinajstić information content (AvgIpc) is 2.34. The van der Waals surface area contributed by atoms with Gasteiger partial charge in [0.15, 0.2) is 0 Å². The number of benzene rings is 1. The molecule has 0 aromatic heterocycles. The number of para-hydroxylation sites is 2. The zero-order chi connectivity index (χ0) is 13.1. The Labute approximate surface area is 107 Å². The molecular weight excluding hydrogens is 230 g/mol. The Balaban J connectivity index is 2.08. The molecule has 2 rings (SSSR count). The first-order chi connectivity index (χ1) is 8.58. The van der Waals surface area contributed by atoms with Crippen molar-refractivity contribution in [1.29, 1.82) is 0 Å². The number of nitrogens with zero attached hydrogens (tertiary/aromatic N) is 2. The maximum absolute atomic E-state index is 10.9. The highest BCUT2D eigenvalue weighted by Gasteiger charge is 2.24. The molecule has 1 N–H and O–H groups in total. The summed E-state index contributed by atoms with van der Waals surface area (Å²) in [6, 6.07) is 7.67. The minimum atomic E-state index is -0.333. The topological polar surface area (TPSA) is 58.4 Å². The van der Waals surface area contributed by atoms with E-state index >= 15 is 0 Å². The van der Waals surface area contributed by atoms with E-state index < -0.39 is 0 Å². The Morgan fingerprint density at radius 1 is 1.44 bits per heavy atom. The molecule has 1 aliphatic heterocycles. The second-order valence-electron chi connectivity index (χ2n) is 4.97. The summed E-state index contributed by atoms with van der Waals surface area (Å²) in [5.74, 6) is 0. The van der Waals surface area contributed by atoms with Crippen molar-refractivity contribution in [2.24, 2.45) is 0 Å². The SMILES string of the molecule is CC1CC(Nc2ccccc2[N+](=O)[O-])CCN1C. The molecule has 1 aromatic carbocycles. The molecule has 0 aliphatic carbocycles. The number of nitrogens with one attached hydrogen (secondary N) is 1. The van der Waals surface area contributed by atoms with E-state index in [2.05, 4.69) is 24.2 Å². The second kappa shape index (κ2) is 5.35. The van der Waals surface area contributed by atoms with E-state index in [0.717, 1.165) is 19.4 Å². The molecule has 5 nitrogen and oxygen atoms in total. The monoisotopic (exact) mass is 249 g/mol. The first-order valence-corrected chi connectivity index (χ1v) is 6.28. The summed E-state index contributed by atoms with van der Waals surface area (Å²) >= 11 is 0. The molecule has 0 saturated carbocycles. The van der Waals surface area contributed by atoms with E-state index in [0.29, 0.717) is 17.8 Å². The van der Waals surface area contributed by atoms with Crippen LogP contribution in [0.5, 0.6) is 0 Å². The molecule has 0 bridgehead atoms. The van der Waals surface area contributed by atoms with E-state index in [-0.39, 0.29) is 10.6 Å². The number of anilines is 1. The third kappa shape index (κ3) is 2.79. The smallest absolute Gasteiger partial charge is 0.292 e. The van der Waals surface area contributed by atoms with Crippen LogP contribution in [0.25, 0.3) is 0 Å². The van der Waals surface area contributed by atoms with Gasteiger partial charge in [0.05, 0.1) is 4.92 Å². The number of piperidine rings is 1. The summed E-state index contributed by atoms with van der Waals surface area (Å²) in [5.41, 5.74) is 0.785. The highest BCUT2D eigenvalue weighted by atomic mass is 16.6. The third-order valence-electron chi connectivity index (χ3n) is 3.67. The molecular formula is C13H19N3O2. The van der Waals surface area contributed by atoms with Gasteiger partial charge in [-0.3, -0.25) is 10.1 Å². The standard InChI is InChI=1S/C13H19N3O2/c1-10-9-11(7-8-15(10)2)14-12-5-3-4-6-13(12)16(17)18/h3-6,10-11,14H,7-9H2,1-2H3. The minimum Gasteiger partial charge on any atom is -0.377 e. The van der Waals surface area contributed by atoms with Crippen molar-refractivity contribution < 1.29 is 4.92 Å². The number of rotatable bonds is 3. The molecule has 1 fully saturated rings. The fourth-order valence-electron chi connectivity index (χ4n) is 2.40. The van der Waals surface area contributed by atoms with Gasteiger partial charge >= 0.3 is 0 Å². The highest BCUT2D eigenvalue weighted by Crippen LogP contribution is 2.27. The van der Waals surface area contributed by atoms with Gasteiger partial charge in [0.2, 0.25) is 0 Å². The lowest BCUT2D eigenvalue weighted by Gasteiger charge is -2.35. The van der Waals surface area contributed by atoms with Gasteiger partial charge in [0.25, 0.3) is 5.69 Å². The van der Waals surface area contributed by atoms with E-state index in [4.69, 9.17) is 0 Å². The fourth-order valence-corrected chi connectivity index (χ4v) is 2.40. The van der Waals surface area contributed by atoms with Crippen LogP contribution in [0.4, 0.5) is 11.4 Å². The third-order valence-corrected chi connectivity index (χ3v) is 3.67. The lowest BCUT2D eigenvalue weighted by atomic mass is 9.98. The van der Waals surface area contributed by atoms with Gasteiger partial charge < -0.3 is 10.2 Å². The molecule has 0 spiro atoms. The van der Waals surface area contributed by atoms with Gasteiger partial charge in [-0.1, -0.05) is 12.1 Å². The summed E-state index contributed by atoms with van der Waals surface area (Å²) in [6.45, 7) is 3.21. The Hall–Kier alpha value is -1.62. The molecule has 2 unspecified atom stereocenters. The van der Waals surface area contributed by atoms with Crippen molar-refractivity contribution in [2.75, 3.05) is 18.9 Å². The summed E-state index contributed by atoms with van der Waals surface area (Å²) in [4.78, 5) is 12.9. The highest BCUT2D eigenvalue weighted by molar-refractivity contribution is 5.61. The molecule has 98 valence electrons. The lowest BCUT2D eigenvalue weighted by molar-refractivity contribution is -0.384. The van der Waals surface area contributed by atoms with Crippen LogP contribution in [0, 0.1) is 10.1 Å². The number of likely N-dealkylation sites (tertiary alicyclic amines) is 1. The van der Waals surface area contributed by atoms with Crippen molar-refractivity contribution in [1.82, 2.24) is 4.90 Å². The number of hydrogen-bond acceptors (Lipinski definition) is 4. The van der Waals surface area contributed by atoms with Crippen molar-refractivity contribution in [3.63, 3.8) is 0 Å². The summed E-state index contributed by atoms with van der Waals surface area (Å²) in [7, 11) is 2.12. The maximum Gasteiger partial charge on any atom is 0.292 e. The van der Waals surface area contributed by atoms with E-state index in [1.807, 2.05) is 6.07 Å². The van der Waals surface area contributed by atoms with Crippen LogP contribution in [-0.4, -0.2) is 35.5 Å². The van der Waals surface area contributed by atoms with Crippen LogP contribution in [0.15, 0.2) is 24.3 Å². The van der Waals surface area contributed by atoms with Crippen LogP contribution in [-0.2, 0) is 0 Å². The predicted molar refractivity (Wildman–Crippen MR) is 71.8 cm³/mol. The fraction of sp³-hybridized carbons (Fsp3) is 0.538. The van der Waals surface area contributed by atoms with E-state index in [1.165, 1.54) is 0 Å². The maximum atomic E-state index is 10.9. The number of hydrogen-bond donors (Lipinski definition) is 1. The van der Waals surface area contributed by atoms with Gasteiger partial charge in [-0.05, 0) is 32.9 Å². The molecule has 1 saturated heterocycles. The van der Waals surface area contributed by atoms with Crippen molar-refractivity contribution in [3.05, 3.63) is 34.4 Å². The van der Waals surface area contributed by atoms with Gasteiger partial charge in [0.1, 0.15) is 5.69 Å². The Morgan fingerprint density at radius 3 is 2.83 bits per heavy atom. The quantitative estimate of drug-likeness (QED) is 0.660. The summed E-state index contributed by atoms with van der Waals surface area (Å²) < 4.78 is 0. The lowest BCUT2D eigenvalue weighted by Crippen LogP contribution is -2.42. The number of nitro groups is 1. The average molecular weight is 249 g/mol. The van der Waals surface area contributed by atoms with E-state index in [9.17, 15) is 10.1 Å². The van der Waals surface area contributed by atoms with Crippen LogP contribution >= 0.6 is 0 Å². The van der Waals surface area contributed by atoms with Crippen molar-refractivity contribution in [2.45, 2.75) is 31.8 Å². The molecule has 1 heterocycles.